The van der Waals surface area contributed by atoms with Crippen LogP contribution in [0.25, 0.3) is 0 Å². The molecule has 0 atom stereocenters. The monoisotopic (exact) mass is 342 g/mol. The Morgan fingerprint density at radius 2 is 2.05 bits per heavy atom. The van der Waals surface area contributed by atoms with Crippen molar-refractivity contribution in [1.82, 2.24) is 9.78 Å². The molecule has 0 aliphatic heterocycles. The average molecular weight is 343 g/mol. The normalized spacial score (nSPS) is 10.8. The van der Waals surface area contributed by atoms with E-state index >= 15 is 0 Å². The Balaban J connectivity index is 2.28. The third-order valence-corrected chi connectivity index (χ3v) is 3.99. The number of halogens is 3. The first-order chi connectivity index (χ1) is 9.43. The summed E-state index contributed by atoms with van der Waals surface area (Å²) < 4.78 is 28.4. The van der Waals surface area contributed by atoms with E-state index in [4.69, 9.17) is 0 Å². The Morgan fingerprint density at radius 1 is 1.35 bits per heavy atom. The molecule has 0 fully saturated rings. The maximum Gasteiger partial charge on any atom is 0.168 e. The standard InChI is InChI=1S/C14H13BrF2N2O/c1-3-11-14(15)12(19(2)18-11)7-13(20)8-4-5-9(16)10(17)6-8/h4-6H,3,7H2,1-2H3. The molecule has 1 aromatic carbocycles. The van der Waals surface area contributed by atoms with Gasteiger partial charge in [-0.05, 0) is 40.5 Å². The Morgan fingerprint density at radius 3 is 2.60 bits per heavy atom. The number of nitrogens with zero attached hydrogens (tertiary/aromatic N) is 2. The molecule has 6 heteroatoms. The molecule has 2 rings (SSSR count). The van der Waals surface area contributed by atoms with Crippen LogP contribution in [0, 0.1) is 11.6 Å². The summed E-state index contributed by atoms with van der Waals surface area (Å²) in [4.78, 5) is 12.1. The fourth-order valence-corrected chi connectivity index (χ4v) is 2.69. The SMILES string of the molecule is CCc1nn(C)c(CC(=O)c2ccc(F)c(F)c2)c1Br. The highest BCUT2D eigenvalue weighted by atomic mass is 79.9. The first-order valence-electron chi connectivity index (χ1n) is 6.12. The van der Waals surface area contributed by atoms with Crippen LogP contribution in [0.5, 0.6) is 0 Å². The van der Waals surface area contributed by atoms with Crippen molar-refractivity contribution >= 4 is 21.7 Å². The average Bonchev–Trinajstić information content (AvgIpc) is 2.69. The van der Waals surface area contributed by atoms with E-state index in [2.05, 4.69) is 21.0 Å². The van der Waals surface area contributed by atoms with Gasteiger partial charge in [-0.1, -0.05) is 6.92 Å². The molecular weight excluding hydrogens is 330 g/mol. The Kier molecular flexibility index (Phi) is 4.32. The highest BCUT2D eigenvalue weighted by Gasteiger charge is 2.17. The van der Waals surface area contributed by atoms with Crippen LogP contribution in [0.2, 0.25) is 0 Å². The number of carbonyl (C=O) groups is 1. The lowest BCUT2D eigenvalue weighted by Gasteiger charge is -2.03. The van der Waals surface area contributed by atoms with Gasteiger partial charge in [-0.15, -0.1) is 0 Å². The van der Waals surface area contributed by atoms with Crippen LogP contribution in [0.1, 0.15) is 28.7 Å². The summed E-state index contributed by atoms with van der Waals surface area (Å²) in [6.45, 7) is 1.97. The van der Waals surface area contributed by atoms with Crippen molar-refractivity contribution in [2.45, 2.75) is 19.8 Å². The van der Waals surface area contributed by atoms with Gasteiger partial charge in [0.25, 0.3) is 0 Å². The summed E-state index contributed by atoms with van der Waals surface area (Å²) >= 11 is 3.42. The van der Waals surface area contributed by atoms with Crippen LogP contribution in [-0.4, -0.2) is 15.6 Å². The lowest BCUT2D eigenvalue weighted by molar-refractivity contribution is 0.0990. The maximum atomic E-state index is 13.1. The van der Waals surface area contributed by atoms with Gasteiger partial charge in [0.05, 0.1) is 22.3 Å². The number of ketones is 1. The number of carbonyl (C=O) groups excluding carboxylic acids is 1. The second-order valence-corrected chi connectivity index (χ2v) is 5.21. The zero-order valence-corrected chi connectivity index (χ0v) is 12.7. The van der Waals surface area contributed by atoms with Gasteiger partial charge in [-0.3, -0.25) is 9.48 Å². The van der Waals surface area contributed by atoms with Gasteiger partial charge in [0.1, 0.15) is 0 Å². The Bertz CT molecular complexity index is 667. The number of hydrogen-bond acceptors (Lipinski definition) is 2. The molecule has 0 unspecified atom stereocenters. The molecular formula is C14H13BrF2N2O. The van der Waals surface area contributed by atoms with E-state index in [0.29, 0.717) is 0 Å². The van der Waals surface area contributed by atoms with Crippen molar-refractivity contribution in [2.24, 2.45) is 7.05 Å². The topological polar surface area (TPSA) is 34.9 Å². The van der Waals surface area contributed by atoms with Crippen LogP contribution in [0.15, 0.2) is 22.7 Å². The van der Waals surface area contributed by atoms with Crippen LogP contribution in [-0.2, 0) is 19.9 Å². The summed E-state index contributed by atoms with van der Waals surface area (Å²) in [6.07, 6.45) is 0.822. The first kappa shape index (κ1) is 14.8. The molecule has 1 heterocycles. The molecule has 0 saturated carbocycles. The van der Waals surface area contributed by atoms with E-state index < -0.39 is 11.6 Å². The van der Waals surface area contributed by atoms with Gasteiger partial charge in [0, 0.05) is 12.6 Å². The third kappa shape index (κ3) is 2.80. The van der Waals surface area contributed by atoms with Crippen LogP contribution < -0.4 is 0 Å². The Hall–Kier alpha value is -1.56. The van der Waals surface area contributed by atoms with E-state index in [1.165, 1.54) is 6.07 Å². The highest BCUT2D eigenvalue weighted by Crippen LogP contribution is 2.23. The van der Waals surface area contributed by atoms with E-state index in [0.717, 1.165) is 34.4 Å². The van der Waals surface area contributed by atoms with Crippen LogP contribution >= 0.6 is 15.9 Å². The fourth-order valence-electron chi connectivity index (χ4n) is 1.94. The lowest BCUT2D eigenvalue weighted by atomic mass is 10.1. The molecule has 1 aromatic heterocycles. The summed E-state index contributed by atoms with van der Waals surface area (Å²) in [5.74, 6) is -2.26. The Labute approximate surface area is 123 Å². The summed E-state index contributed by atoms with van der Waals surface area (Å²) in [6, 6.07) is 3.16. The zero-order chi connectivity index (χ0) is 14.9. The van der Waals surface area contributed by atoms with Gasteiger partial charge < -0.3 is 0 Å². The van der Waals surface area contributed by atoms with Gasteiger partial charge in [-0.2, -0.15) is 5.10 Å². The zero-order valence-electron chi connectivity index (χ0n) is 11.1. The van der Waals surface area contributed by atoms with Gasteiger partial charge in [0.2, 0.25) is 0 Å². The predicted molar refractivity (Wildman–Crippen MR) is 74.7 cm³/mol. The van der Waals surface area contributed by atoms with Crippen molar-refractivity contribution in [2.75, 3.05) is 0 Å². The molecule has 0 spiro atoms. The van der Waals surface area contributed by atoms with Crippen molar-refractivity contribution in [1.29, 1.82) is 0 Å². The molecule has 0 saturated heterocycles. The summed E-state index contributed by atoms with van der Waals surface area (Å²) in [5.41, 5.74) is 1.73. The number of aromatic nitrogens is 2. The summed E-state index contributed by atoms with van der Waals surface area (Å²) in [5, 5.41) is 4.29. The molecule has 0 N–H and O–H groups in total. The number of benzene rings is 1. The molecule has 0 radical (unpaired) electrons. The molecule has 3 nitrogen and oxygen atoms in total. The molecule has 20 heavy (non-hydrogen) atoms. The molecule has 2 aromatic rings. The number of aryl methyl sites for hydroxylation is 2. The first-order valence-corrected chi connectivity index (χ1v) is 6.91. The second-order valence-electron chi connectivity index (χ2n) is 4.41. The highest BCUT2D eigenvalue weighted by molar-refractivity contribution is 9.10. The van der Waals surface area contributed by atoms with Crippen molar-refractivity contribution in [3.8, 4) is 0 Å². The molecule has 0 bridgehead atoms. The molecule has 0 amide bonds. The second kappa shape index (κ2) is 5.83. The minimum atomic E-state index is -1.02. The number of rotatable bonds is 4. The largest absolute Gasteiger partial charge is 0.294 e. The quantitative estimate of drug-likeness (QED) is 0.797. The van der Waals surface area contributed by atoms with Crippen molar-refractivity contribution < 1.29 is 13.6 Å². The number of hydrogen-bond donors (Lipinski definition) is 0. The fraction of sp³-hybridized carbons (Fsp3) is 0.286. The predicted octanol–water partition coefficient (Wildman–Crippen LogP) is 3.45. The summed E-state index contributed by atoms with van der Waals surface area (Å²) in [7, 11) is 1.75. The molecule has 106 valence electrons. The minimum absolute atomic E-state index is 0.0785. The minimum Gasteiger partial charge on any atom is -0.294 e. The van der Waals surface area contributed by atoms with Gasteiger partial charge in [-0.25, -0.2) is 8.78 Å². The van der Waals surface area contributed by atoms with Crippen LogP contribution in [0.4, 0.5) is 8.78 Å². The molecule has 0 aliphatic rings. The lowest BCUT2D eigenvalue weighted by Crippen LogP contribution is -2.09. The maximum absolute atomic E-state index is 13.1. The van der Waals surface area contributed by atoms with Gasteiger partial charge >= 0.3 is 0 Å². The van der Waals surface area contributed by atoms with Crippen molar-refractivity contribution in [3.63, 3.8) is 0 Å². The molecule has 0 aliphatic carbocycles. The van der Waals surface area contributed by atoms with Crippen LogP contribution in [0.3, 0.4) is 0 Å². The third-order valence-electron chi connectivity index (χ3n) is 3.07. The van der Waals surface area contributed by atoms with Gasteiger partial charge in [0.15, 0.2) is 17.4 Å². The van der Waals surface area contributed by atoms with E-state index in [1.54, 1.807) is 11.7 Å². The van der Waals surface area contributed by atoms with Crippen molar-refractivity contribution in [3.05, 3.63) is 51.3 Å². The van der Waals surface area contributed by atoms with E-state index in [1.807, 2.05) is 6.92 Å². The smallest absolute Gasteiger partial charge is 0.168 e. The van der Waals surface area contributed by atoms with E-state index in [9.17, 15) is 13.6 Å². The number of Topliss-reactive ketones (excluding diaryl/α,β-unsaturated/α-hetero) is 1. The van der Waals surface area contributed by atoms with E-state index in [-0.39, 0.29) is 17.8 Å².